The Kier molecular flexibility index (Phi) is 6.16. The Morgan fingerprint density at radius 1 is 1.03 bits per heavy atom. The maximum absolute atomic E-state index is 15.1. The first-order valence-corrected chi connectivity index (χ1v) is 12.9. The molecule has 1 N–H and O–H groups in total. The molecule has 3 aliphatic rings. The molecule has 2 aromatic heterocycles. The van der Waals surface area contributed by atoms with Crippen molar-refractivity contribution in [1.82, 2.24) is 19.8 Å². The molecule has 0 spiro atoms. The fraction of sp³-hybridized carbons (Fsp3) is 0.393. The van der Waals surface area contributed by atoms with Crippen LogP contribution < -0.4 is 15.1 Å². The summed E-state index contributed by atoms with van der Waals surface area (Å²) in [6.45, 7) is 6.46. The van der Waals surface area contributed by atoms with Crippen LogP contribution in [0.4, 0.5) is 27.4 Å². The molecule has 3 fully saturated rings. The molecule has 6 rings (SSSR count). The molecule has 3 aliphatic heterocycles. The van der Waals surface area contributed by atoms with Crippen molar-refractivity contribution in [1.29, 1.82) is 0 Å². The Morgan fingerprint density at radius 2 is 1.86 bits per heavy atom. The van der Waals surface area contributed by atoms with Crippen molar-refractivity contribution in [3.8, 4) is 11.3 Å². The monoisotopic (exact) mass is 501 g/mol. The van der Waals surface area contributed by atoms with Crippen LogP contribution in [0.15, 0.2) is 54.7 Å². The summed E-state index contributed by atoms with van der Waals surface area (Å²) < 4.78 is 15.1. The summed E-state index contributed by atoms with van der Waals surface area (Å²) in [4.78, 5) is 29.6. The highest BCUT2D eigenvalue weighted by atomic mass is 19.1. The second kappa shape index (κ2) is 9.63. The van der Waals surface area contributed by atoms with Crippen LogP contribution >= 0.6 is 0 Å². The normalized spacial score (nSPS) is 21.5. The van der Waals surface area contributed by atoms with Gasteiger partial charge in [-0.15, -0.1) is 0 Å². The molecule has 192 valence electrons. The number of piperazine rings is 2. The number of rotatable bonds is 5. The first kappa shape index (κ1) is 23.7. The number of nitrogens with one attached hydrogen (secondary N) is 1. The van der Waals surface area contributed by atoms with Crippen molar-refractivity contribution in [3.63, 3.8) is 0 Å². The Morgan fingerprint density at radius 3 is 2.51 bits per heavy atom. The number of hydrogen-bond acceptors (Lipinski definition) is 7. The summed E-state index contributed by atoms with van der Waals surface area (Å²) in [5.41, 5.74) is 3.05. The molecule has 3 saturated heterocycles. The molecular weight excluding hydrogens is 469 g/mol. The van der Waals surface area contributed by atoms with Crippen molar-refractivity contribution in [3.05, 3.63) is 60.5 Å². The molecule has 0 radical (unpaired) electrons. The van der Waals surface area contributed by atoms with E-state index in [1.807, 2.05) is 53.6 Å². The molecule has 2 bridgehead atoms. The number of amides is 1. The number of likely N-dealkylation sites (tertiary alicyclic amines) is 1. The molecule has 8 nitrogen and oxygen atoms in total. The maximum atomic E-state index is 15.1. The van der Waals surface area contributed by atoms with Crippen molar-refractivity contribution in [2.24, 2.45) is 0 Å². The van der Waals surface area contributed by atoms with E-state index < -0.39 is 0 Å². The number of nitrogens with zero attached hydrogens (tertiary/aromatic N) is 6. The standard InChI is InChI=1S/C28H32FN7O/c1-19(37)34-10-12-35(13-11-34)28-9-6-20(16-30-28)25-4-3-5-27(32-25)31-21-7-8-26(24(29)14-21)36-18-22-15-23(36)17-33(22)2/h3-9,14,16,22-23H,10-13,15,17-18H2,1-2H3,(H,31,32)/t22-,23-/m1/s1. The number of aromatic nitrogens is 2. The van der Waals surface area contributed by atoms with E-state index in [1.54, 1.807) is 13.0 Å². The van der Waals surface area contributed by atoms with Gasteiger partial charge in [-0.25, -0.2) is 14.4 Å². The number of fused-ring (bicyclic) bond motifs is 2. The van der Waals surface area contributed by atoms with E-state index in [1.165, 1.54) is 0 Å². The van der Waals surface area contributed by atoms with Gasteiger partial charge in [0.05, 0.1) is 11.4 Å². The van der Waals surface area contributed by atoms with E-state index in [4.69, 9.17) is 4.98 Å². The Labute approximate surface area is 216 Å². The molecule has 3 aromatic rings. The van der Waals surface area contributed by atoms with Crippen LogP contribution in [0.1, 0.15) is 13.3 Å². The summed E-state index contributed by atoms with van der Waals surface area (Å²) in [6.07, 6.45) is 2.94. The third-order valence-corrected chi connectivity index (χ3v) is 7.89. The van der Waals surface area contributed by atoms with Gasteiger partial charge in [0.2, 0.25) is 5.91 Å². The van der Waals surface area contributed by atoms with Crippen molar-refractivity contribution < 1.29 is 9.18 Å². The van der Waals surface area contributed by atoms with Crippen molar-refractivity contribution >= 4 is 28.9 Å². The largest absolute Gasteiger partial charge is 0.363 e. The van der Waals surface area contributed by atoms with Gasteiger partial charge < -0.3 is 20.0 Å². The maximum Gasteiger partial charge on any atom is 0.219 e. The third-order valence-electron chi connectivity index (χ3n) is 7.89. The topological polar surface area (TPSA) is 67.8 Å². The second-order valence-electron chi connectivity index (χ2n) is 10.2. The molecule has 0 unspecified atom stereocenters. The zero-order valence-corrected chi connectivity index (χ0v) is 21.3. The average Bonchev–Trinajstić information content (AvgIpc) is 3.49. The number of carbonyl (C=O) groups is 1. The third kappa shape index (κ3) is 4.71. The highest BCUT2D eigenvalue weighted by Gasteiger charge is 2.42. The Bertz CT molecular complexity index is 1290. The summed E-state index contributed by atoms with van der Waals surface area (Å²) in [5, 5.41) is 3.25. The number of likely N-dealkylation sites (N-methyl/N-ethyl adjacent to an activating group) is 1. The number of benzene rings is 1. The van der Waals surface area contributed by atoms with Crippen LogP contribution in [0.2, 0.25) is 0 Å². The van der Waals surface area contributed by atoms with Crippen LogP contribution in [0, 0.1) is 5.82 Å². The summed E-state index contributed by atoms with van der Waals surface area (Å²) >= 11 is 0. The number of carbonyl (C=O) groups excluding carboxylic acids is 1. The molecule has 0 aliphatic carbocycles. The Hall–Kier alpha value is -3.72. The van der Waals surface area contributed by atoms with Crippen molar-refractivity contribution in [2.45, 2.75) is 25.4 Å². The predicted molar refractivity (Wildman–Crippen MR) is 144 cm³/mol. The fourth-order valence-electron chi connectivity index (χ4n) is 5.77. The van der Waals surface area contributed by atoms with Gasteiger partial charge in [0.1, 0.15) is 17.5 Å². The quantitative estimate of drug-likeness (QED) is 0.573. The number of halogens is 1. The SMILES string of the molecule is CC(=O)N1CCN(c2ccc(-c3cccc(Nc4ccc(N5C[C@H]6C[C@@H]5CN6C)c(F)c4)n3)cn2)CC1. The average molecular weight is 502 g/mol. The minimum Gasteiger partial charge on any atom is -0.363 e. The zero-order valence-electron chi connectivity index (χ0n) is 21.3. The molecule has 9 heteroatoms. The van der Waals surface area contributed by atoms with E-state index in [-0.39, 0.29) is 11.7 Å². The molecule has 37 heavy (non-hydrogen) atoms. The van der Waals surface area contributed by atoms with Gasteiger partial charge in [0, 0.05) is 75.7 Å². The zero-order chi connectivity index (χ0) is 25.5. The second-order valence-corrected chi connectivity index (χ2v) is 10.2. The Balaban J connectivity index is 1.12. The number of pyridine rings is 2. The van der Waals surface area contributed by atoms with Gasteiger partial charge in [-0.2, -0.15) is 0 Å². The van der Waals surface area contributed by atoms with E-state index >= 15 is 4.39 Å². The number of anilines is 4. The highest BCUT2D eigenvalue weighted by molar-refractivity contribution is 5.73. The molecule has 0 saturated carbocycles. The smallest absolute Gasteiger partial charge is 0.219 e. The molecule has 5 heterocycles. The summed E-state index contributed by atoms with van der Waals surface area (Å²) in [7, 11) is 2.15. The van der Waals surface area contributed by atoms with E-state index in [2.05, 4.69) is 32.0 Å². The minimum atomic E-state index is -0.208. The molecule has 1 amide bonds. The highest BCUT2D eigenvalue weighted by Crippen LogP contribution is 2.36. The lowest BCUT2D eigenvalue weighted by Gasteiger charge is -2.34. The van der Waals surface area contributed by atoms with Gasteiger partial charge >= 0.3 is 0 Å². The van der Waals surface area contributed by atoms with Crippen LogP contribution in [-0.2, 0) is 4.79 Å². The van der Waals surface area contributed by atoms with E-state index in [9.17, 15) is 4.79 Å². The lowest BCUT2D eigenvalue weighted by molar-refractivity contribution is -0.129. The van der Waals surface area contributed by atoms with Gasteiger partial charge in [-0.3, -0.25) is 9.69 Å². The summed E-state index contributed by atoms with van der Waals surface area (Å²) in [6, 6.07) is 16.0. The minimum absolute atomic E-state index is 0.118. The van der Waals surface area contributed by atoms with Crippen LogP contribution in [0.5, 0.6) is 0 Å². The van der Waals surface area contributed by atoms with E-state index in [0.717, 1.165) is 49.7 Å². The predicted octanol–water partition coefficient (Wildman–Crippen LogP) is 3.59. The lowest BCUT2D eigenvalue weighted by Crippen LogP contribution is -2.48. The van der Waals surface area contributed by atoms with Gasteiger partial charge in [-0.05, 0) is 55.9 Å². The van der Waals surface area contributed by atoms with Crippen LogP contribution in [0.3, 0.4) is 0 Å². The molecule has 2 atom stereocenters. The van der Waals surface area contributed by atoms with Crippen molar-refractivity contribution in [2.75, 3.05) is 61.4 Å². The van der Waals surface area contributed by atoms with E-state index in [0.29, 0.717) is 42.4 Å². The first-order valence-electron chi connectivity index (χ1n) is 12.9. The molecular formula is C28H32FN7O. The van der Waals surface area contributed by atoms with Crippen LogP contribution in [0.25, 0.3) is 11.3 Å². The summed E-state index contributed by atoms with van der Waals surface area (Å²) in [5.74, 6) is 1.46. The fourth-order valence-corrected chi connectivity index (χ4v) is 5.77. The lowest BCUT2D eigenvalue weighted by atomic mass is 10.2. The van der Waals surface area contributed by atoms with Crippen LogP contribution in [-0.4, -0.2) is 84.1 Å². The molecule has 1 aromatic carbocycles. The van der Waals surface area contributed by atoms with Gasteiger partial charge in [0.15, 0.2) is 0 Å². The number of hydrogen-bond donors (Lipinski definition) is 1. The van der Waals surface area contributed by atoms with Gasteiger partial charge in [0.25, 0.3) is 0 Å². The first-order chi connectivity index (χ1) is 17.9. The van der Waals surface area contributed by atoms with Gasteiger partial charge in [-0.1, -0.05) is 6.07 Å².